The van der Waals surface area contributed by atoms with E-state index in [4.69, 9.17) is 0 Å². The van der Waals surface area contributed by atoms with Gasteiger partial charge in [0.1, 0.15) is 6.04 Å². The second kappa shape index (κ2) is 12.6. The molecule has 4 fully saturated rings. The summed E-state index contributed by atoms with van der Waals surface area (Å²) < 4.78 is 0. The minimum absolute atomic E-state index is 0.00412. The first kappa shape index (κ1) is 33.3. The SMILES string of the molecule is CC1(C)CC(C)(C)C1NC(=O)c1ccc(N2CCN(CC3CCN(c4ccc5c(c4)C(=O)N(C4CCC(=O)NC4=O)C5=O)CC3)CC2)cc1. The van der Waals surface area contributed by atoms with Crippen molar-refractivity contribution in [2.45, 2.75) is 71.9 Å². The molecule has 1 saturated carbocycles. The smallest absolute Gasteiger partial charge is 0.262 e. The number of fused-ring (bicyclic) bond motifs is 1. The fourth-order valence-corrected chi connectivity index (χ4v) is 9.32. The highest BCUT2D eigenvalue weighted by atomic mass is 16.2. The average molecular weight is 669 g/mol. The van der Waals surface area contributed by atoms with Gasteiger partial charge in [0, 0.05) is 75.2 Å². The Hall–Kier alpha value is -4.25. The topological polar surface area (TPSA) is 122 Å². The molecule has 260 valence electrons. The molecular weight excluding hydrogens is 620 g/mol. The third kappa shape index (κ3) is 6.33. The predicted molar refractivity (Wildman–Crippen MR) is 187 cm³/mol. The van der Waals surface area contributed by atoms with Crippen molar-refractivity contribution in [3.8, 4) is 0 Å². The van der Waals surface area contributed by atoms with E-state index in [-0.39, 0.29) is 41.5 Å². The van der Waals surface area contributed by atoms with E-state index in [9.17, 15) is 24.0 Å². The molecule has 7 rings (SSSR count). The zero-order chi connectivity index (χ0) is 34.7. The van der Waals surface area contributed by atoms with Crippen LogP contribution in [0.4, 0.5) is 11.4 Å². The molecule has 4 aliphatic heterocycles. The van der Waals surface area contributed by atoms with E-state index in [1.54, 1.807) is 12.1 Å². The van der Waals surface area contributed by atoms with Crippen LogP contribution < -0.4 is 20.4 Å². The highest BCUT2D eigenvalue weighted by molar-refractivity contribution is 6.23. The molecular formula is C38H48N6O5. The number of benzene rings is 2. The molecule has 5 aliphatic rings. The van der Waals surface area contributed by atoms with Gasteiger partial charge in [-0.05, 0) is 84.9 Å². The maximum absolute atomic E-state index is 13.3. The first-order chi connectivity index (χ1) is 23.3. The van der Waals surface area contributed by atoms with Gasteiger partial charge in [-0.2, -0.15) is 0 Å². The van der Waals surface area contributed by atoms with Crippen molar-refractivity contribution in [2.75, 3.05) is 55.6 Å². The van der Waals surface area contributed by atoms with Gasteiger partial charge in [0.15, 0.2) is 0 Å². The summed E-state index contributed by atoms with van der Waals surface area (Å²) >= 11 is 0. The van der Waals surface area contributed by atoms with Crippen LogP contribution in [0.3, 0.4) is 0 Å². The Morgan fingerprint density at radius 1 is 0.776 bits per heavy atom. The summed E-state index contributed by atoms with van der Waals surface area (Å²) in [5.41, 5.74) is 3.65. The Labute approximate surface area is 288 Å². The van der Waals surface area contributed by atoms with Crippen LogP contribution in [-0.2, 0) is 9.59 Å². The van der Waals surface area contributed by atoms with Crippen LogP contribution in [0.1, 0.15) is 90.9 Å². The first-order valence-corrected chi connectivity index (χ1v) is 17.8. The highest BCUT2D eigenvalue weighted by Gasteiger charge is 2.53. The Kier molecular flexibility index (Phi) is 8.53. The van der Waals surface area contributed by atoms with Gasteiger partial charge in [0.05, 0.1) is 11.1 Å². The predicted octanol–water partition coefficient (Wildman–Crippen LogP) is 3.68. The standard InChI is InChI=1S/C38H48N6O5/c1-37(2)23-38(3,4)36(37)40-32(46)25-5-7-26(8-6-25)43-19-17-41(18-20-43)22-24-13-15-42(16-14-24)27-9-10-28-29(21-27)35(49)44(34(28)48)30-11-12-31(45)39-33(30)47/h5-10,21,24,30,36H,11-20,22-23H2,1-4H3,(H,40,46)(H,39,45,47). The maximum atomic E-state index is 13.3. The van der Waals surface area contributed by atoms with E-state index < -0.39 is 23.8 Å². The Morgan fingerprint density at radius 2 is 1.39 bits per heavy atom. The molecule has 49 heavy (non-hydrogen) atoms. The number of anilines is 2. The second-order valence-electron chi connectivity index (χ2n) is 16.0. The number of rotatable bonds is 7. The second-order valence-corrected chi connectivity index (χ2v) is 16.0. The third-order valence-electron chi connectivity index (χ3n) is 11.5. The van der Waals surface area contributed by atoms with E-state index in [0.717, 1.165) is 81.4 Å². The number of carbonyl (C=O) groups excluding carboxylic acids is 5. The fraction of sp³-hybridized carbons (Fsp3) is 0.553. The molecule has 2 aromatic carbocycles. The molecule has 11 nitrogen and oxygen atoms in total. The molecule has 0 aromatic heterocycles. The van der Waals surface area contributed by atoms with Crippen LogP contribution in [0.2, 0.25) is 0 Å². The summed E-state index contributed by atoms with van der Waals surface area (Å²) in [6.45, 7) is 15.6. The van der Waals surface area contributed by atoms with Gasteiger partial charge in [-0.25, -0.2) is 0 Å². The molecule has 1 atom stereocenters. The molecule has 2 aromatic rings. The van der Waals surface area contributed by atoms with Crippen molar-refractivity contribution in [1.82, 2.24) is 20.4 Å². The zero-order valence-electron chi connectivity index (χ0n) is 29.1. The monoisotopic (exact) mass is 668 g/mol. The van der Waals surface area contributed by atoms with Gasteiger partial charge in [0.25, 0.3) is 17.7 Å². The van der Waals surface area contributed by atoms with Gasteiger partial charge < -0.3 is 15.1 Å². The van der Waals surface area contributed by atoms with Gasteiger partial charge in [-0.3, -0.25) is 39.1 Å². The lowest BCUT2D eigenvalue weighted by molar-refractivity contribution is -0.136. The molecule has 1 unspecified atom stereocenters. The number of hydrogen-bond acceptors (Lipinski definition) is 8. The van der Waals surface area contributed by atoms with Crippen molar-refractivity contribution in [2.24, 2.45) is 16.7 Å². The molecule has 0 bridgehead atoms. The van der Waals surface area contributed by atoms with E-state index in [2.05, 4.69) is 65.2 Å². The Bertz CT molecular complexity index is 1660. The van der Waals surface area contributed by atoms with Crippen molar-refractivity contribution >= 4 is 40.9 Å². The number of piperidine rings is 2. The molecule has 3 saturated heterocycles. The third-order valence-corrected chi connectivity index (χ3v) is 11.5. The Balaban J connectivity index is 0.874. The van der Waals surface area contributed by atoms with E-state index >= 15 is 0 Å². The van der Waals surface area contributed by atoms with Gasteiger partial charge in [-0.1, -0.05) is 27.7 Å². The number of piperazine rings is 1. The lowest BCUT2D eigenvalue weighted by Crippen LogP contribution is -2.63. The minimum Gasteiger partial charge on any atom is -0.371 e. The summed E-state index contributed by atoms with van der Waals surface area (Å²) in [5.74, 6) is -1.33. The molecule has 5 amide bonds. The summed E-state index contributed by atoms with van der Waals surface area (Å²) in [6.07, 6.45) is 3.45. The highest BCUT2D eigenvalue weighted by Crippen LogP contribution is 2.53. The van der Waals surface area contributed by atoms with Crippen molar-refractivity contribution < 1.29 is 24.0 Å². The summed E-state index contributed by atoms with van der Waals surface area (Å²) in [4.78, 5) is 71.6. The number of nitrogens with one attached hydrogen (secondary N) is 2. The summed E-state index contributed by atoms with van der Waals surface area (Å²) in [5, 5.41) is 5.53. The van der Waals surface area contributed by atoms with Crippen LogP contribution in [0.25, 0.3) is 0 Å². The molecule has 11 heteroatoms. The van der Waals surface area contributed by atoms with Crippen LogP contribution in [0.5, 0.6) is 0 Å². The quantitative estimate of drug-likeness (QED) is 0.429. The van der Waals surface area contributed by atoms with Crippen molar-refractivity contribution in [3.05, 3.63) is 59.2 Å². The maximum Gasteiger partial charge on any atom is 0.262 e. The Morgan fingerprint density at radius 3 is 2.02 bits per heavy atom. The molecule has 4 heterocycles. The van der Waals surface area contributed by atoms with Crippen LogP contribution in [0, 0.1) is 16.7 Å². The number of hydrogen-bond donors (Lipinski definition) is 2. The lowest BCUT2D eigenvalue weighted by Gasteiger charge is -2.57. The number of nitrogens with zero attached hydrogens (tertiary/aromatic N) is 4. The first-order valence-electron chi connectivity index (χ1n) is 17.8. The molecule has 1 aliphatic carbocycles. The van der Waals surface area contributed by atoms with E-state index in [0.29, 0.717) is 22.6 Å². The van der Waals surface area contributed by atoms with Gasteiger partial charge in [0.2, 0.25) is 11.8 Å². The normalized spacial score (nSPS) is 24.5. The van der Waals surface area contributed by atoms with Crippen molar-refractivity contribution in [3.63, 3.8) is 0 Å². The minimum atomic E-state index is -0.956. The molecule has 2 N–H and O–H groups in total. The summed E-state index contributed by atoms with van der Waals surface area (Å²) in [7, 11) is 0. The van der Waals surface area contributed by atoms with Crippen LogP contribution in [-0.4, -0.2) is 97.2 Å². The molecule has 0 radical (unpaired) electrons. The average Bonchev–Trinajstić information content (AvgIpc) is 3.32. The van der Waals surface area contributed by atoms with E-state index in [1.165, 1.54) is 0 Å². The largest absolute Gasteiger partial charge is 0.371 e. The lowest BCUT2D eigenvalue weighted by atomic mass is 9.52. The summed E-state index contributed by atoms with van der Waals surface area (Å²) in [6, 6.07) is 12.6. The van der Waals surface area contributed by atoms with Crippen LogP contribution in [0.15, 0.2) is 42.5 Å². The van der Waals surface area contributed by atoms with Gasteiger partial charge >= 0.3 is 0 Å². The number of imide groups is 2. The number of amides is 5. The van der Waals surface area contributed by atoms with Gasteiger partial charge in [-0.15, -0.1) is 0 Å². The van der Waals surface area contributed by atoms with Crippen molar-refractivity contribution in [1.29, 1.82) is 0 Å². The zero-order valence-corrected chi connectivity index (χ0v) is 29.1. The van der Waals surface area contributed by atoms with Crippen LogP contribution >= 0.6 is 0 Å². The fourth-order valence-electron chi connectivity index (χ4n) is 9.32. The molecule has 0 spiro atoms. The number of carbonyl (C=O) groups is 5. The van der Waals surface area contributed by atoms with E-state index in [1.807, 2.05) is 18.2 Å².